The maximum absolute atomic E-state index is 12.7. The first-order chi connectivity index (χ1) is 13.0. The molecular formula is C20H21N5O2. The molecule has 3 aromatic rings. The highest BCUT2D eigenvalue weighted by atomic mass is 16.5. The maximum atomic E-state index is 12.7. The highest BCUT2D eigenvalue weighted by molar-refractivity contribution is 6.00. The average molecular weight is 363 g/mol. The van der Waals surface area contributed by atoms with Gasteiger partial charge in [0.15, 0.2) is 5.82 Å². The van der Waals surface area contributed by atoms with Crippen LogP contribution in [0.1, 0.15) is 46.4 Å². The zero-order valence-electron chi connectivity index (χ0n) is 15.1. The number of rotatable bonds is 5. The van der Waals surface area contributed by atoms with Crippen molar-refractivity contribution in [3.05, 3.63) is 65.3 Å². The fourth-order valence-electron chi connectivity index (χ4n) is 3.06. The standard InChI is InChI=1S/C20H21N5O2/c1-12-23-19(27-24-12)11-25(22)20(26)17-10-16(8-9-18(17)21)15-6-4-14(5-7-15)13-2-3-13/h4-10,13H,2-3,11,21-22H2,1H3. The van der Waals surface area contributed by atoms with Crippen LogP contribution in [0.5, 0.6) is 0 Å². The van der Waals surface area contributed by atoms with Crippen LogP contribution in [0.25, 0.3) is 11.1 Å². The molecule has 138 valence electrons. The third kappa shape index (κ3) is 3.68. The predicted octanol–water partition coefficient (Wildman–Crippen LogP) is 3.02. The number of hydrogen-bond donors (Lipinski definition) is 2. The molecule has 4 N–H and O–H groups in total. The second-order valence-electron chi connectivity index (χ2n) is 6.87. The number of benzene rings is 2. The lowest BCUT2D eigenvalue weighted by Crippen LogP contribution is -2.37. The summed E-state index contributed by atoms with van der Waals surface area (Å²) in [7, 11) is 0. The van der Waals surface area contributed by atoms with Gasteiger partial charge in [0.1, 0.15) is 6.54 Å². The van der Waals surface area contributed by atoms with Gasteiger partial charge in [0.25, 0.3) is 5.91 Å². The molecule has 1 saturated carbocycles. The van der Waals surface area contributed by atoms with Crippen molar-refractivity contribution >= 4 is 11.6 Å². The summed E-state index contributed by atoms with van der Waals surface area (Å²) >= 11 is 0. The Morgan fingerprint density at radius 2 is 1.89 bits per heavy atom. The van der Waals surface area contributed by atoms with E-state index in [0.29, 0.717) is 23.0 Å². The van der Waals surface area contributed by atoms with E-state index in [9.17, 15) is 4.79 Å². The average Bonchev–Trinajstić information content (AvgIpc) is 3.44. The molecule has 1 aliphatic carbocycles. The second-order valence-corrected chi connectivity index (χ2v) is 6.87. The lowest BCUT2D eigenvalue weighted by atomic mass is 9.99. The number of hydrogen-bond acceptors (Lipinski definition) is 6. The molecule has 2 aromatic carbocycles. The van der Waals surface area contributed by atoms with Gasteiger partial charge in [-0.3, -0.25) is 9.80 Å². The van der Waals surface area contributed by atoms with Crippen molar-refractivity contribution in [3.8, 4) is 11.1 Å². The lowest BCUT2D eigenvalue weighted by molar-refractivity contribution is 0.0725. The van der Waals surface area contributed by atoms with Crippen molar-refractivity contribution in [2.45, 2.75) is 32.2 Å². The van der Waals surface area contributed by atoms with Crippen LogP contribution in [0, 0.1) is 6.92 Å². The summed E-state index contributed by atoms with van der Waals surface area (Å²) in [6.45, 7) is 1.71. The third-order valence-corrected chi connectivity index (χ3v) is 4.71. The molecule has 0 bridgehead atoms. The van der Waals surface area contributed by atoms with Gasteiger partial charge in [-0.25, -0.2) is 5.84 Å². The molecule has 1 heterocycles. The molecule has 7 heteroatoms. The summed E-state index contributed by atoms with van der Waals surface area (Å²) in [4.78, 5) is 16.8. The highest BCUT2D eigenvalue weighted by Crippen LogP contribution is 2.40. The highest BCUT2D eigenvalue weighted by Gasteiger charge is 2.23. The SMILES string of the molecule is Cc1noc(CN(N)C(=O)c2cc(-c3ccc(C4CC4)cc3)ccc2N)n1. The van der Waals surface area contributed by atoms with E-state index < -0.39 is 5.91 Å². The molecule has 1 aromatic heterocycles. The number of carbonyl (C=O) groups is 1. The van der Waals surface area contributed by atoms with Gasteiger partial charge in [-0.1, -0.05) is 35.5 Å². The van der Waals surface area contributed by atoms with E-state index in [1.807, 2.05) is 6.07 Å². The number of nitrogens with two attached hydrogens (primary N) is 2. The van der Waals surface area contributed by atoms with E-state index in [2.05, 4.69) is 34.4 Å². The summed E-state index contributed by atoms with van der Waals surface area (Å²) in [5, 5.41) is 4.72. The fourth-order valence-corrected chi connectivity index (χ4v) is 3.06. The molecule has 0 aliphatic heterocycles. The molecule has 27 heavy (non-hydrogen) atoms. The van der Waals surface area contributed by atoms with Crippen LogP contribution in [0.2, 0.25) is 0 Å². The van der Waals surface area contributed by atoms with Gasteiger partial charge in [-0.05, 0) is 54.5 Å². The lowest BCUT2D eigenvalue weighted by Gasteiger charge is -2.16. The van der Waals surface area contributed by atoms with E-state index in [-0.39, 0.29) is 12.4 Å². The number of hydrazine groups is 1. The molecule has 0 spiro atoms. The number of amides is 1. The van der Waals surface area contributed by atoms with E-state index in [1.54, 1.807) is 19.1 Å². The minimum atomic E-state index is -0.403. The van der Waals surface area contributed by atoms with E-state index in [0.717, 1.165) is 16.1 Å². The molecular weight excluding hydrogens is 342 g/mol. The Bertz CT molecular complexity index is 976. The van der Waals surface area contributed by atoms with Crippen LogP contribution in [-0.2, 0) is 6.54 Å². The Labute approximate surface area is 156 Å². The Morgan fingerprint density at radius 3 is 2.52 bits per heavy atom. The number of anilines is 1. The largest absolute Gasteiger partial charge is 0.398 e. The number of aromatic nitrogens is 2. The predicted molar refractivity (Wildman–Crippen MR) is 101 cm³/mol. The van der Waals surface area contributed by atoms with Gasteiger partial charge in [-0.2, -0.15) is 4.98 Å². The molecule has 0 saturated heterocycles. The summed E-state index contributed by atoms with van der Waals surface area (Å²) < 4.78 is 5.01. The molecule has 0 unspecified atom stereocenters. The Hall–Kier alpha value is -3.19. The minimum absolute atomic E-state index is 0.0133. The summed E-state index contributed by atoms with van der Waals surface area (Å²) in [5.41, 5.74) is 10.1. The van der Waals surface area contributed by atoms with Crippen LogP contribution in [0.4, 0.5) is 5.69 Å². The van der Waals surface area contributed by atoms with E-state index >= 15 is 0 Å². The Kier molecular flexibility index (Phi) is 4.37. The number of nitrogen functional groups attached to an aromatic ring is 1. The van der Waals surface area contributed by atoms with Crippen LogP contribution in [-0.4, -0.2) is 21.1 Å². The Balaban J connectivity index is 1.56. The van der Waals surface area contributed by atoms with Gasteiger partial charge in [-0.15, -0.1) is 0 Å². The Morgan fingerprint density at radius 1 is 1.19 bits per heavy atom. The number of nitrogens with zero attached hydrogens (tertiary/aromatic N) is 3. The van der Waals surface area contributed by atoms with E-state index in [1.165, 1.54) is 18.4 Å². The van der Waals surface area contributed by atoms with Crippen molar-refractivity contribution in [3.63, 3.8) is 0 Å². The first-order valence-electron chi connectivity index (χ1n) is 8.87. The van der Waals surface area contributed by atoms with E-state index in [4.69, 9.17) is 16.1 Å². The van der Waals surface area contributed by atoms with Gasteiger partial charge in [0.05, 0.1) is 5.56 Å². The number of carbonyl (C=O) groups excluding carboxylic acids is 1. The molecule has 1 amide bonds. The van der Waals surface area contributed by atoms with Gasteiger partial charge < -0.3 is 10.3 Å². The quantitative estimate of drug-likeness (QED) is 0.312. The fraction of sp³-hybridized carbons (Fsp3) is 0.250. The first-order valence-corrected chi connectivity index (χ1v) is 8.87. The van der Waals surface area contributed by atoms with Crippen molar-refractivity contribution < 1.29 is 9.32 Å². The van der Waals surface area contributed by atoms with Crippen molar-refractivity contribution in [1.82, 2.24) is 15.1 Å². The molecule has 7 nitrogen and oxygen atoms in total. The van der Waals surface area contributed by atoms with Gasteiger partial charge in [0, 0.05) is 5.69 Å². The first kappa shape index (κ1) is 17.2. The van der Waals surface area contributed by atoms with Crippen LogP contribution in [0.15, 0.2) is 47.0 Å². The van der Waals surface area contributed by atoms with Crippen molar-refractivity contribution in [2.24, 2.45) is 5.84 Å². The molecule has 1 aliphatic rings. The normalized spacial score (nSPS) is 13.6. The van der Waals surface area contributed by atoms with Crippen LogP contribution in [0.3, 0.4) is 0 Å². The summed E-state index contributed by atoms with van der Waals surface area (Å²) in [5.74, 6) is 6.98. The maximum Gasteiger partial charge on any atom is 0.270 e. The smallest absolute Gasteiger partial charge is 0.270 e. The second kappa shape index (κ2) is 6.85. The minimum Gasteiger partial charge on any atom is -0.398 e. The summed E-state index contributed by atoms with van der Waals surface area (Å²) in [6, 6.07) is 13.9. The van der Waals surface area contributed by atoms with Gasteiger partial charge in [0.2, 0.25) is 5.89 Å². The monoisotopic (exact) mass is 363 g/mol. The van der Waals surface area contributed by atoms with Crippen LogP contribution < -0.4 is 11.6 Å². The molecule has 4 rings (SSSR count). The van der Waals surface area contributed by atoms with Crippen molar-refractivity contribution in [1.29, 1.82) is 0 Å². The molecule has 0 atom stereocenters. The molecule has 0 radical (unpaired) electrons. The summed E-state index contributed by atoms with van der Waals surface area (Å²) in [6.07, 6.45) is 2.54. The van der Waals surface area contributed by atoms with Gasteiger partial charge >= 0.3 is 0 Å². The third-order valence-electron chi connectivity index (χ3n) is 4.71. The number of aryl methyl sites for hydroxylation is 1. The zero-order valence-corrected chi connectivity index (χ0v) is 15.1. The molecule has 1 fully saturated rings. The zero-order chi connectivity index (χ0) is 19.0. The van der Waals surface area contributed by atoms with Crippen LogP contribution >= 0.6 is 0 Å². The van der Waals surface area contributed by atoms with Crippen molar-refractivity contribution in [2.75, 3.05) is 5.73 Å². The topological polar surface area (TPSA) is 111 Å².